The SMILES string of the molecule is O=S(=O)(Nc1cccc2ccc(CNCc3ccco3)nc12)c1ccc(C(F)(F)F)cc1. The van der Waals surface area contributed by atoms with Crippen LogP contribution in [0.5, 0.6) is 0 Å². The van der Waals surface area contributed by atoms with E-state index in [-0.39, 0.29) is 10.6 Å². The van der Waals surface area contributed by atoms with E-state index in [2.05, 4.69) is 15.0 Å². The molecule has 0 radical (unpaired) electrons. The molecule has 2 aromatic heterocycles. The molecule has 2 aromatic carbocycles. The van der Waals surface area contributed by atoms with Crippen molar-refractivity contribution in [2.75, 3.05) is 4.72 Å². The summed E-state index contributed by atoms with van der Waals surface area (Å²) in [5.41, 5.74) is 0.427. The average Bonchev–Trinajstić information content (AvgIpc) is 3.27. The Kier molecular flexibility index (Phi) is 5.90. The van der Waals surface area contributed by atoms with Crippen molar-refractivity contribution in [1.29, 1.82) is 0 Å². The number of furan rings is 1. The van der Waals surface area contributed by atoms with Gasteiger partial charge in [0, 0.05) is 11.9 Å². The van der Waals surface area contributed by atoms with E-state index in [4.69, 9.17) is 4.42 Å². The molecule has 0 aliphatic heterocycles. The average molecular weight is 461 g/mol. The number of aromatic nitrogens is 1. The van der Waals surface area contributed by atoms with Crippen molar-refractivity contribution in [3.8, 4) is 0 Å². The molecule has 4 rings (SSSR count). The molecule has 10 heteroatoms. The van der Waals surface area contributed by atoms with Crippen LogP contribution in [-0.2, 0) is 29.3 Å². The van der Waals surface area contributed by atoms with E-state index < -0.39 is 21.8 Å². The minimum atomic E-state index is -4.54. The number of alkyl halides is 3. The summed E-state index contributed by atoms with van der Waals surface area (Å²) < 4.78 is 71.5. The van der Waals surface area contributed by atoms with Crippen LogP contribution in [0.1, 0.15) is 17.0 Å². The van der Waals surface area contributed by atoms with Crippen LogP contribution in [0, 0.1) is 0 Å². The highest BCUT2D eigenvalue weighted by atomic mass is 32.2. The van der Waals surface area contributed by atoms with Gasteiger partial charge in [-0.15, -0.1) is 0 Å². The number of benzene rings is 2. The van der Waals surface area contributed by atoms with E-state index in [0.29, 0.717) is 29.7 Å². The van der Waals surface area contributed by atoms with Gasteiger partial charge in [-0.1, -0.05) is 18.2 Å². The van der Waals surface area contributed by atoms with Crippen molar-refractivity contribution < 1.29 is 26.0 Å². The second-order valence-corrected chi connectivity index (χ2v) is 8.67. The fourth-order valence-corrected chi connectivity index (χ4v) is 4.19. The Morgan fingerprint density at radius 1 is 0.906 bits per heavy atom. The first-order valence-electron chi connectivity index (χ1n) is 9.54. The molecule has 0 unspecified atom stereocenters. The number of nitrogens with one attached hydrogen (secondary N) is 2. The molecule has 0 atom stereocenters. The highest BCUT2D eigenvalue weighted by molar-refractivity contribution is 7.92. The molecule has 2 N–H and O–H groups in total. The van der Waals surface area contributed by atoms with Crippen molar-refractivity contribution in [2.24, 2.45) is 0 Å². The number of sulfonamides is 1. The number of rotatable bonds is 7. The maximum absolute atomic E-state index is 12.8. The van der Waals surface area contributed by atoms with Gasteiger partial charge < -0.3 is 9.73 Å². The molecule has 0 spiro atoms. The number of fused-ring (bicyclic) bond motifs is 1. The number of hydrogen-bond donors (Lipinski definition) is 2. The third-order valence-corrected chi connectivity index (χ3v) is 6.08. The van der Waals surface area contributed by atoms with Gasteiger partial charge in [0.2, 0.25) is 0 Å². The highest BCUT2D eigenvalue weighted by Gasteiger charge is 2.30. The van der Waals surface area contributed by atoms with Crippen LogP contribution in [0.4, 0.5) is 18.9 Å². The quantitative estimate of drug-likeness (QED) is 0.407. The molecule has 0 aliphatic carbocycles. The van der Waals surface area contributed by atoms with Crippen LogP contribution in [0.25, 0.3) is 10.9 Å². The third kappa shape index (κ3) is 4.92. The fourth-order valence-electron chi connectivity index (χ4n) is 3.12. The summed E-state index contributed by atoms with van der Waals surface area (Å²) in [5.74, 6) is 0.774. The van der Waals surface area contributed by atoms with Crippen LogP contribution in [0.3, 0.4) is 0 Å². The fraction of sp³-hybridized carbons (Fsp3) is 0.136. The summed E-state index contributed by atoms with van der Waals surface area (Å²) in [5, 5.41) is 3.91. The van der Waals surface area contributed by atoms with Gasteiger partial charge in [-0.2, -0.15) is 13.2 Å². The van der Waals surface area contributed by atoms with E-state index in [1.165, 1.54) is 0 Å². The van der Waals surface area contributed by atoms with Crippen molar-refractivity contribution in [2.45, 2.75) is 24.2 Å². The number of pyridine rings is 1. The molecule has 0 amide bonds. The Morgan fingerprint density at radius 3 is 2.38 bits per heavy atom. The Balaban J connectivity index is 1.56. The van der Waals surface area contributed by atoms with Gasteiger partial charge in [0.1, 0.15) is 5.76 Å². The first-order valence-corrected chi connectivity index (χ1v) is 11.0. The van der Waals surface area contributed by atoms with Crippen LogP contribution in [0.2, 0.25) is 0 Å². The zero-order valence-electron chi connectivity index (χ0n) is 16.6. The molecule has 32 heavy (non-hydrogen) atoms. The normalized spacial score (nSPS) is 12.2. The number of hydrogen-bond acceptors (Lipinski definition) is 5. The van der Waals surface area contributed by atoms with Crippen molar-refractivity contribution >= 4 is 26.6 Å². The van der Waals surface area contributed by atoms with E-state index >= 15 is 0 Å². The molecule has 0 fully saturated rings. The summed E-state index contributed by atoms with van der Waals surface area (Å²) >= 11 is 0. The lowest BCUT2D eigenvalue weighted by Crippen LogP contribution is -2.15. The van der Waals surface area contributed by atoms with E-state index in [0.717, 1.165) is 30.0 Å². The molecule has 4 aromatic rings. The first kappa shape index (κ1) is 21.8. The van der Waals surface area contributed by atoms with Gasteiger partial charge >= 0.3 is 6.18 Å². The molecular formula is C22H18F3N3O3S. The maximum Gasteiger partial charge on any atom is 0.416 e. The zero-order chi connectivity index (χ0) is 22.8. The van der Waals surface area contributed by atoms with Gasteiger partial charge in [0.05, 0.1) is 40.2 Å². The monoisotopic (exact) mass is 461 g/mol. The summed E-state index contributed by atoms with van der Waals surface area (Å²) in [6.45, 7) is 0.936. The third-order valence-electron chi connectivity index (χ3n) is 4.70. The molecule has 0 bridgehead atoms. The van der Waals surface area contributed by atoms with Crippen LogP contribution in [0.15, 0.2) is 82.3 Å². The maximum atomic E-state index is 12.8. The van der Waals surface area contributed by atoms with Crippen molar-refractivity contribution in [3.63, 3.8) is 0 Å². The minimum Gasteiger partial charge on any atom is -0.468 e. The summed E-state index contributed by atoms with van der Waals surface area (Å²) in [6, 6.07) is 15.6. The standard InChI is InChI=1S/C22H18F3N3O3S/c23-22(24,25)16-7-10-19(11-8-16)32(29,30)28-20-5-1-3-15-6-9-17(27-21(15)20)13-26-14-18-4-2-12-31-18/h1-12,26,28H,13-14H2. The lowest BCUT2D eigenvalue weighted by molar-refractivity contribution is -0.137. The number of nitrogens with zero attached hydrogens (tertiary/aromatic N) is 1. The number of anilines is 1. The molecule has 0 aliphatic rings. The minimum absolute atomic E-state index is 0.232. The van der Waals surface area contributed by atoms with Crippen LogP contribution >= 0.6 is 0 Å². The Bertz CT molecular complexity index is 1320. The Hall–Kier alpha value is -3.37. The molecule has 6 nitrogen and oxygen atoms in total. The topological polar surface area (TPSA) is 84.2 Å². The van der Waals surface area contributed by atoms with Crippen molar-refractivity contribution in [3.05, 3.63) is 90.0 Å². The van der Waals surface area contributed by atoms with Gasteiger partial charge in [-0.05, 0) is 48.5 Å². The molecule has 2 heterocycles. The predicted molar refractivity (Wildman–Crippen MR) is 113 cm³/mol. The van der Waals surface area contributed by atoms with Gasteiger partial charge in [-0.25, -0.2) is 13.4 Å². The second-order valence-electron chi connectivity index (χ2n) is 6.99. The highest BCUT2D eigenvalue weighted by Crippen LogP contribution is 2.30. The smallest absolute Gasteiger partial charge is 0.416 e. The van der Waals surface area contributed by atoms with E-state index in [9.17, 15) is 21.6 Å². The molecule has 0 saturated carbocycles. The Labute approximate surface area is 182 Å². The molecule has 166 valence electrons. The van der Waals surface area contributed by atoms with Gasteiger partial charge in [0.15, 0.2) is 0 Å². The van der Waals surface area contributed by atoms with E-state index in [1.807, 2.05) is 18.2 Å². The largest absolute Gasteiger partial charge is 0.468 e. The lowest BCUT2D eigenvalue weighted by atomic mass is 10.2. The molecule has 0 saturated heterocycles. The molecular weight excluding hydrogens is 443 g/mol. The van der Waals surface area contributed by atoms with Gasteiger partial charge in [0.25, 0.3) is 10.0 Å². The summed E-state index contributed by atoms with van der Waals surface area (Å²) in [7, 11) is -4.11. The summed E-state index contributed by atoms with van der Waals surface area (Å²) in [6.07, 6.45) is -2.96. The zero-order valence-corrected chi connectivity index (χ0v) is 17.4. The predicted octanol–water partition coefficient (Wildman–Crippen LogP) is 4.94. The summed E-state index contributed by atoms with van der Waals surface area (Å²) in [4.78, 5) is 4.27. The van der Waals surface area contributed by atoms with Crippen LogP contribution in [-0.4, -0.2) is 13.4 Å². The Morgan fingerprint density at radius 2 is 1.69 bits per heavy atom. The lowest BCUT2D eigenvalue weighted by Gasteiger charge is -2.12. The van der Waals surface area contributed by atoms with Crippen molar-refractivity contribution in [1.82, 2.24) is 10.3 Å². The van der Waals surface area contributed by atoms with Gasteiger partial charge in [-0.3, -0.25) is 4.72 Å². The van der Waals surface area contributed by atoms with E-state index in [1.54, 1.807) is 30.5 Å². The number of para-hydroxylation sites is 1. The second kappa shape index (κ2) is 8.64. The first-order chi connectivity index (χ1) is 15.2. The number of halogens is 3. The van der Waals surface area contributed by atoms with Crippen LogP contribution < -0.4 is 10.0 Å².